The molecule has 0 aliphatic carbocycles. The number of nitro benzene ring substituents is 1. The van der Waals surface area contributed by atoms with Crippen molar-refractivity contribution in [1.29, 1.82) is 0 Å². The molecule has 0 fully saturated rings. The van der Waals surface area contributed by atoms with E-state index in [9.17, 15) is 14.9 Å². The Bertz CT molecular complexity index is 679. The lowest BCUT2D eigenvalue weighted by atomic mass is 10.1. The first-order valence-corrected chi connectivity index (χ1v) is 5.79. The Balaban J connectivity index is 2.61. The number of hydrogen-bond acceptors (Lipinski definition) is 4. The standard InChI is InChI=1S/C12H10ClN3O3/c1-7-12(13)8(2)15(14-7)10-3-4-11(16(18)19)9(5-10)6-17/h3-6H,1-2H3. The van der Waals surface area contributed by atoms with Gasteiger partial charge in [0, 0.05) is 6.07 Å². The molecular weight excluding hydrogens is 270 g/mol. The second kappa shape index (κ2) is 4.81. The van der Waals surface area contributed by atoms with Crippen LogP contribution in [0.15, 0.2) is 18.2 Å². The summed E-state index contributed by atoms with van der Waals surface area (Å²) in [7, 11) is 0. The van der Waals surface area contributed by atoms with E-state index in [4.69, 9.17) is 11.6 Å². The molecule has 2 rings (SSSR count). The van der Waals surface area contributed by atoms with E-state index in [-0.39, 0.29) is 11.3 Å². The summed E-state index contributed by atoms with van der Waals surface area (Å²) in [4.78, 5) is 21.1. The zero-order valence-corrected chi connectivity index (χ0v) is 11.0. The number of halogens is 1. The van der Waals surface area contributed by atoms with E-state index >= 15 is 0 Å². The van der Waals surface area contributed by atoms with Crippen molar-refractivity contribution in [1.82, 2.24) is 9.78 Å². The fraction of sp³-hybridized carbons (Fsp3) is 0.167. The molecule has 7 heteroatoms. The number of nitrogens with zero attached hydrogens (tertiary/aromatic N) is 3. The molecule has 0 aliphatic heterocycles. The number of benzene rings is 1. The predicted molar refractivity (Wildman–Crippen MR) is 70.1 cm³/mol. The maximum atomic E-state index is 10.9. The first-order valence-electron chi connectivity index (χ1n) is 5.41. The summed E-state index contributed by atoms with van der Waals surface area (Å²) in [5.41, 5.74) is 1.70. The molecule has 1 heterocycles. The molecular formula is C12H10ClN3O3. The Morgan fingerprint density at radius 2 is 2.11 bits per heavy atom. The highest BCUT2D eigenvalue weighted by atomic mass is 35.5. The van der Waals surface area contributed by atoms with Crippen LogP contribution < -0.4 is 0 Å². The first kappa shape index (κ1) is 13.2. The number of aryl methyl sites for hydroxylation is 1. The second-order valence-corrected chi connectivity index (χ2v) is 4.39. The van der Waals surface area contributed by atoms with Crippen molar-refractivity contribution in [3.8, 4) is 5.69 Å². The zero-order valence-electron chi connectivity index (χ0n) is 10.3. The fourth-order valence-electron chi connectivity index (χ4n) is 1.81. The minimum atomic E-state index is -0.596. The predicted octanol–water partition coefficient (Wildman–Crippen LogP) is 2.86. The third kappa shape index (κ3) is 2.22. The highest BCUT2D eigenvalue weighted by molar-refractivity contribution is 6.31. The molecule has 1 aromatic carbocycles. The average Bonchev–Trinajstić information content (AvgIpc) is 2.65. The molecule has 0 saturated carbocycles. The monoisotopic (exact) mass is 279 g/mol. The quantitative estimate of drug-likeness (QED) is 0.492. The SMILES string of the molecule is Cc1nn(-c2ccc([N+](=O)[O-])c(C=O)c2)c(C)c1Cl. The van der Waals surface area contributed by atoms with Gasteiger partial charge in [-0.15, -0.1) is 0 Å². The number of aldehydes is 1. The van der Waals surface area contributed by atoms with Crippen LogP contribution in [0, 0.1) is 24.0 Å². The highest BCUT2D eigenvalue weighted by Crippen LogP contribution is 2.25. The maximum Gasteiger partial charge on any atom is 0.280 e. The van der Waals surface area contributed by atoms with Gasteiger partial charge in [-0.2, -0.15) is 5.10 Å². The number of carbonyl (C=O) groups is 1. The van der Waals surface area contributed by atoms with Crippen molar-refractivity contribution in [2.45, 2.75) is 13.8 Å². The first-order chi connectivity index (χ1) is 8.95. The van der Waals surface area contributed by atoms with Crippen LogP contribution >= 0.6 is 11.6 Å². The maximum absolute atomic E-state index is 10.9. The van der Waals surface area contributed by atoms with Crippen LogP contribution in [0.5, 0.6) is 0 Å². The summed E-state index contributed by atoms with van der Waals surface area (Å²) in [6.45, 7) is 3.54. The Labute approximate surface area is 113 Å². The van der Waals surface area contributed by atoms with Crippen LogP contribution in [0.2, 0.25) is 5.02 Å². The number of nitro groups is 1. The third-order valence-electron chi connectivity index (χ3n) is 2.78. The van der Waals surface area contributed by atoms with E-state index in [2.05, 4.69) is 5.10 Å². The van der Waals surface area contributed by atoms with Crippen LogP contribution in [0.3, 0.4) is 0 Å². The number of hydrogen-bond donors (Lipinski definition) is 0. The van der Waals surface area contributed by atoms with Crippen molar-refractivity contribution in [2.24, 2.45) is 0 Å². The lowest BCUT2D eigenvalue weighted by molar-refractivity contribution is -0.385. The molecule has 0 spiro atoms. The Morgan fingerprint density at radius 3 is 2.58 bits per heavy atom. The number of aromatic nitrogens is 2. The van der Waals surface area contributed by atoms with Gasteiger partial charge in [0.05, 0.1) is 32.6 Å². The fourth-order valence-corrected chi connectivity index (χ4v) is 1.93. The summed E-state index contributed by atoms with van der Waals surface area (Å²) in [6.07, 6.45) is 0.453. The van der Waals surface area contributed by atoms with E-state index in [0.717, 1.165) is 0 Å². The molecule has 0 atom stereocenters. The van der Waals surface area contributed by atoms with E-state index in [1.165, 1.54) is 18.2 Å². The van der Waals surface area contributed by atoms with Gasteiger partial charge >= 0.3 is 0 Å². The minimum Gasteiger partial charge on any atom is -0.298 e. The molecule has 0 aliphatic rings. The van der Waals surface area contributed by atoms with E-state index in [1.54, 1.807) is 18.5 Å². The summed E-state index contributed by atoms with van der Waals surface area (Å²) in [5.74, 6) is 0. The normalized spacial score (nSPS) is 10.5. The Kier molecular flexibility index (Phi) is 3.35. The number of carbonyl (C=O) groups excluding carboxylic acids is 1. The van der Waals surface area contributed by atoms with E-state index in [1.807, 2.05) is 0 Å². The smallest absolute Gasteiger partial charge is 0.280 e. The Hall–Kier alpha value is -2.21. The molecule has 98 valence electrons. The summed E-state index contributed by atoms with van der Waals surface area (Å²) >= 11 is 6.04. The van der Waals surface area contributed by atoms with Crippen LogP contribution in [0.4, 0.5) is 5.69 Å². The molecule has 2 aromatic rings. The molecule has 6 nitrogen and oxygen atoms in total. The molecule has 0 N–H and O–H groups in total. The van der Waals surface area contributed by atoms with E-state index < -0.39 is 4.92 Å². The molecule has 0 saturated heterocycles. The van der Waals surface area contributed by atoms with Crippen LogP contribution in [-0.2, 0) is 0 Å². The van der Waals surface area contributed by atoms with Crippen molar-refractivity contribution in [3.63, 3.8) is 0 Å². The van der Waals surface area contributed by atoms with Gasteiger partial charge in [0.2, 0.25) is 0 Å². The van der Waals surface area contributed by atoms with Crippen molar-refractivity contribution >= 4 is 23.6 Å². The lowest BCUT2D eigenvalue weighted by Gasteiger charge is -2.05. The van der Waals surface area contributed by atoms with Gasteiger partial charge in [0.15, 0.2) is 6.29 Å². The summed E-state index contributed by atoms with van der Waals surface area (Å²) in [5, 5.41) is 15.5. The molecule has 19 heavy (non-hydrogen) atoms. The van der Waals surface area contributed by atoms with E-state index in [0.29, 0.717) is 28.4 Å². The zero-order chi connectivity index (χ0) is 14.2. The average molecular weight is 280 g/mol. The summed E-state index contributed by atoms with van der Waals surface area (Å²) in [6, 6.07) is 4.23. The van der Waals surface area contributed by atoms with Gasteiger partial charge in [0.1, 0.15) is 0 Å². The Morgan fingerprint density at radius 1 is 1.42 bits per heavy atom. The molecule has 0 bridgehead atoms. The largest absolute Gasteiger partial charge is 0.298 e. The van der Waals surface area contributed by atoms with Gasteiger partial charge < -0.3 is 0 Å². The minimum absolute atomic E-state index is 0.00572. The van der Waals surface area contributed by atoms with Crippen molar-refractivity contribution in [3.05, 3.63) is 50.3 Å². The summed E-state index contributed by atoms with van der Waals surface area (Å²) < 4.78 is 1.55. The van der Waals surface area contributed by atoms with Gasteiger partial charge in [-0.3, -0.25) is 14.9 Å². The topological polar surface area (TPSA) is 78.0 Å². The molecule has 0 radical (unpaired) electrons. The van der Waals surface area contributed by atoms with Crippen molar-refractivity contribution in [2.75, 3.05) is 0 Å². The van der Waals surface area contributed by atoms with Gasteiger partial charge in [-0.1, -0.05) is 11.6 Å². The molecule has 0 unspecified atom stereocenters. The van der Waals surface area contributed by atoms with Gasteiger partial charge in [-0.25, -0.2) is 4.68 Å². The second-order valence-electron chi connectivity index (χ2n) is 4.01. The third-order valence-corrected chi connectivity index (χ3v) is 3.33. The van der Waals surface area contributed by atoms with Crippen LogP contribution in [0.1, 0.15) is 21.7 Å². The van der Waals surface area contributed by atoms with Crippen LogP contribution in [0.25, 0.3) is 5.69 Å². The lowest BCUT2D eigenvalue weighted by Crippen LogP contribution is -2.02. The number of rotatable bonds is 3. The molecule has 1 aromatic heterocycles. The van der Waals surface area contributed by atoms with Crippen LogP contribution in [-0.4, -0.2) is 21.0 Å². The van der Waals surface area contributed by atoms with Gasteiger partial charge in [0.25, 0.3) is 5.69 Å². The highest BCUT2D eigenvalue weighted by Gasteiger charge is 2.16. The van der Waals surface area contributed by atoms with Gasteiger partial charge in [-0.05, 0) is 26.0 Å². The molecule has 0 amide bonds. The van der Waals surface area contributed by atoms with Crippen molar-refractivity contribution < 1.29 is 9.72 Å².